The van der Waals surface area contributed by atoms with Crippen LogP contribution in [0.1, 0.15) is 17.3 Å². The average Bonchev–Trinajstić information content (AvgIpc) is 3.05. The maximum atomic E-state index is 13.0. The van der Waals surface area contributed by atoms with E-state index in [0.29, 0.717) is 31.7 Å². The number of benzene rings is 1. The van der Waals surface area contributed by atoms with E-state index in [1.165, 1.54) is 30.0 Å². The first-order valence-corrected chi connectivity index (χ1v) is 9.02. The molecule has 0 saturated carbocycles. The lowest BCUT2D eigenvalue weighted by molar-refractivity contribution is -0.142. The van der Waals surface area contributed by atoms with Crippen LogP contribution in [0.15, 0.2) is 47.1 Å². The number of aliphatic imine (C=N–C) groups is 1. The highest BCUT2D eigenvalue weighted by Crippen LogP contribution is 2.12. The molecule has 10 heteroatoms. The number of carbonyl (C=O) groups is 4. The quantitative estimate of drug-likeness (QED) is 0.551. The molecule has 0 unspecified atom stereocenters. The van der Waals surface area contributed by atoms with E-state index < -0.39 is 17.8 Å². The van der Waals surface area contributed by atoms with E-state index >= 15 is 0 Å². The van der Waals surface area contributed by atoms with Crippen LogP contribution in [0.2, 0.25) is 0 Å². The van der Waals surface area contributed by atoms with Crippen LogP contribution in [0.5, 0.6) is 0 Å². The smallest absolute Gasteiger partial charge is 0.345 e. The van der Waals surface area contributed by atoms with Crippen LogP contribution in [0.25, 0.3) is 0 Å². The minimum Gasteiger partial charge on any atom is -0.345 e. The lowest BCUT2D eigenvalue weighted by atomic mass is 10.2. The Morgan fingerprint density at radius 1 is 1.07 bits per heavy atom. The van der Waals surface area contributed by atoms with E-state index in [2.05, 4.69) is 10.6 Å². The van der Waals surface area contributed by atoms with Crippen LogP contribution in [-0.2, 0) is 19.2 Å². The highest BCUT2D eigenvalue weighted by Gasteiger charge is 2.30. The number of amides is 3. The van der Waals surface area contributed by atoms with Gasteiger partial charge in [-0.15, -0.1) is 0 Å². The minimum atomic E-state index is -0.693. The number of likely N-dealkylation sites (N-methyl/N-ethyl adjacent to an activating group) is 1. The number of hydrogen-bond acceptors (Lipinski definition) is 7. The van der Waals surface area contributed by atoms with E-state index in [1.807, 2.05) is 0 Å². The number of rotatable bonds is 3. The van der Waals surface area contributed by atoms with Gasteiger partial charge in [0.15, 0.2) is 0 Å². The molecule has 0 atom stereocenters. The highest BCUT2D eigenvalue weighted by molar-refractivity contribution is 6.45. The molecule has 10 nitrogen and oxygen atoms in total. The number of nitrogens with zero attached hydrogens (tertiary/aromatic N) is 4. The summed E-state index contributed by atoms with van der Waals surface area (Å²) in [7, 11) is 1.53. The maximum Gasteiger partial charge on any atom is 0.376 e. The Balaban J connectivity index is 1.89. The Kier molecular flexibility index (Phi) is 6.03. The maximum absolute atomic E-state index is 13.0. The number of carbonyl (C=O) groups excluding carboxylic acids is 4. The molecule has 0 spiro atoms. The third kappa shape index (κ3) is 4.66. The Labute approximate surface area is 167 Å². The van der Waals surface area contributed by atoms with Gasteiger partial charge in [0, 0.05) is 51.8 Å². The van der Waals surface area contributed by atoms with Gasteiger partial charge in [-0.1, -0.05) is 23.8 Å². The summed E-state index contributed by atoms with van der Waals surface area (Å²) in [6.07, 6.45) is 1.23. The second kappa shape index (κ2) is 8.65. The Bertz CT molecular complexity index is 888. The zero-order valence-corrected chi connectivity index (χ0v) is 16.1. The predicted molar refractivity (Wildman–Crippen MR) is 102 cm³/mol. The lowest BCUT2D eigenvalue weighted by Gasteiger charge is -2.34. The molecule has 1 aromatic carbocycles. The van der Waals surface area contributed by atoms with Crippen molar-refractivity contribution >= 4 is 29.4 Å². The van der Waals surface area contributed by atoms with E-state index in [9.17, 15) is 19.2 Å². The first kappa shape index (κ1) is 20.2. The Morgan fingerprint density at radius 3 is 2.24 bits per heavy atom. The standard InChI is InChI=1S/C19H21N5O5/c1-13(25)23-8-10-24(11-9-23)18(27)15(12-16-19(28)29-21-22(16)2)20-17(26)14-6-4-3-5-7-14/h3-7,12,21H,8-11H2,1-2H3/b16-12+,20-15?. The molecule has 2 aliphatic rings. The molecule has 152 valence electrons. The van der Waals surface area contributed by atoms with Gasteiger partial charge in [-0.3, -0.25) is 19.4 Å². The molecule has 2 fully saturated rings. The predicted octanol–water partition coefficient (Wildman–Crippen LogP) is -0.249. The van der Waals surface area contributed by atoms with Crippen LogP contribution >= 0.6 is 0 Å². The van der Waals surface area contributed by atoms with Gasteiger partial charge in [-0.2, -0.15) is 0 Å². The molecule has 0 bridgehead atoms. The zero-order valence-electron chi connectivity index (χ0n) is 16.1. The molecular weight excluding hydrogens is 378 g/mol. The van der Waals surface area contributed by atoms with Gasteiger partial charge < -0.3 is 14.6 Å². The fraction of sp³-hybridized carbons (Fsp3) is 0.316. The molecule has 29 heavy (non-hydrogen) atoms. The van der Waals surface area contributed by atoms with Crippen LogP contribution in [0.4, 0.5) is 0 Å². The summed E-state index contributed by atoms with van der Waals surface area (Å²) < 4.78 is 0. The first-order valence-electron chi connectivity index (χ1n) is 9.02. The van der Waals surface area contributed by atoms with Crippen molar-refractivity contribution in [3.63, 3.8) is 0 Å². The largest absolute Gasteiger partial charge is 0.376 e. The van der Waals surface area contributed by atoms with Crippen molar-refractivity contribution in [2.75, 3.05) is 33.2 Å². The van der Waals surface area contributed by atoms with Crippen LogP contribution < -0.4 is 5.59 Å². The van der Waals surface area contributed by atoms with Crippen LogP contribution in [0, 0.1) is 0 Å². The fourth-order valence-corrected chi connectivity index (χ4v) is 2.92. The molecule has 1 N–H and O–H groups in total. The monoisotopic (exact) mass is 399 g/mol. The number of hydrazine groups is 1. The summed E-state index contributed by atoms with van der Waals surface area (Å²) in [5, 5.41) is 1.28. The molecule has 1 aromatic rings. The third-order valence-corrected chi connectivity index (χ3v) is 4.59. The van der Waals surface area contributed by atoms with E-state index in [4.69, 9.17) is 4.84 Å². The van der Waals surface area contributed by atoms with Gasteiger partial charge in [-0.25, -0.2) is 9.79 Å². The minimum absolute atomic E-state index is 0.0420. The van der Waals surface area contributed by atoms with Crippen molar-refractivity contribution in [2.24, 2.45) is 4.99 Å². The molecule has 3 amide bonds. The average molecular weight is 399 g/mol. The van der Waals surface area contributed by atoms with Crippen LogP contribution in [-0.4, -0.2) is 77.4 Å². The lowest BCUT2D eigenvalue weighted by Crippen LogP contribution is -2.51. The summed E-state index contributed by atoms with van der Waals surface area (Å²) in [5.41, 5.74) is 2.53. The number of piperazine rings is 1. The Hall–Kier alpha value is -3.53. The summed E-state index contributed by atoms with van der Waals surface area (Å²) >= 11 is 0. The summed E-state index contributed by atoms with van der Waals surface area (Å²) in [6.45, 7) is 2.86. The van der Waals surface area contributed by atoms with Crippen molar-refractivity contribution in [1.82, 2.24) is 20.4 Å². The van der Waals surface area contributed by atoms with Crippen LogP contribution in [0.3, 0.4) is 0 Å². The second-order valence-electron chi connectivity index (χ2n) is 6.54. The normalized spacial score (nSPS) is 18.8. The molecule has 0 radical (unpaired) electrons. The van der Waals surface area contributed by atoms with Crippen molar-refractivity contribution in [3.8, 4) is 0 Å². The summed E-state index contributed by atoms with van der Waals surface area (Å²) in [4.78, 5) is 60.8. The SMILES string of the molecule is CC(=O)N1CCN(C(=O)C(/C=C2\C(=O)ONN2C)=NC(=O)c2ccccc2)CC1. The topological polar surface area (TPSA) is 112 Å². The number of nitrogens with one attached hydrogen (secondary N) is 1. The zero-order chi connectivity index (χ0) is 21.0. The van der Waals surface area contributed by atoms with Crippen molar-refractivity contribution in [1.29, 1.82) is 0 Å². The van der Waals surface area contributed by atoms with Crippen molar-refractivity contribution < 1.29 is 24.0 Å². The van der Waals surface area contributed by atoms with Gasteiger partial charge in [0.25, 0.3) is 11.8 Å². The van der Waals surface area contributed by atoms with Gasteiger partial charge in [0.1, 0.15) is 11.4 Å². The van der Waals surface area contributed by atoms with E-state index in [-0.39, 0.29) is 17.3 Å². The molecule has 2 saturated heterocycles. The molecular formula is C19H21N5O5. The highest BCUT2D eigenvalue weighted by atomic mass is 16.7. The molecule has 2 aliphatic heterocycles. The summed E-state index contributed by atoms with van der Waals surface area (Å²) in [5.74, 6) is -1.86. The van der Waals surface area contributed by atoms with E-state index in [0.717, 1.165) is 0 Å². The molecule has 3 rings (SSSR count). The molecule has 0 aromatic heterocycles. The first-order chi connectivity index (χ1) is 13.9. The fourth-order valence-electron chi connectivity index (χ4n) is 2.92. The van der Waals surface area contributed by atoms with Crippen molar-refractivity contribution in [2.45, 2.75) is 6.92 Å². The Morgan fingerprint density at radius 2 is 1.69 bits per heavy atom. The molecule has 0 aliphatic carbocycles. The van der Waals surface area contributed by atoms with Gasteiger partial charge >= 0.3 is 5.97 Å². The van der Waals surface area contributed by atoms with Crippen molar-refractivity contribution in [3.05, 3.63) is 47.7 Å². The number of hydrogen-bond donors (Lipinski definition) is 1. The third-order valence-electron chi connectivity index (χ3n) is 4.59. The van der Waals surface area contributed by atoms with E-state index in [1.54, 1.807) is 35.2 Å². The van der Waals surface area contributed by atoms with Gasteiger partial charge in [-0.05, 0) is 12.1 Å². The van der Waals surface area contributed by atoms with Gasteiger partial charge in [0.2, 0.25) is 5.91 Å². The molecule has 2 heterocycles. The van der Waals surface area contributed by atoms with Gasteiger partial charge in [0.05, 0.1) is 0 Å². The summed E-state index contributed by atoms with van der Waals surface area (Å²) in [6, 6.07) is 8.32. The second-order valence-corrected chi connectivity index (χ2v) is 6.54.